The molecule has 0 radical (unpaired) electrons. The second kappa shape index (κ2) is 7.91. The minimum atomic E-state index is -3.39. The highest BCUT2D eigenvalue weighted by Gasteiger charge is 2.10. The number of hydrogen-bond donors (Lipinski definition) is 2. The Morgan fingerprint density at radius 3 is 2.50 bits per heavy atom. The molecule has 0 heterocycles. The molecule has 0 saturated heterocycles. The van der Waals surface area contributed by atoms with Crippen molar-refractivity contribution in [2.75, 3.05) is 22.9 Å². The first-order valence-electron chi connectivity index (χ1n) is 6.04. The Kier molecular flexibility index (Phi) is 6.54. The van der Waals surface area contributed by atoms with E-state index in [2.05, 4.69) is 16.6 Å². The van der Waals surface area contributed by atoms with Gasteiger partial charge in [-0.05, 0) is 30.7 Å². The Labute approximate surface area is 124 Å². The fourth-order valence-corrected chi connectivity index (χ4v) is 2.85. The van der Waals surface area contributed by atoms with E-state index in [-0.39, 0.29) is 11.7 Å². The highest BCUT2D eigenvalue weighted by atomic mass is 35.5. The third-order valence-corrected chi connectivity index (χ3v) is 4.01. The number of rotatable bonds is 8. The zero-order valence-electron chi connectivity index (χ0n) is 10.9. The predicted octanol–water partition coefficient (Wildman–Crippen LogP) is 1.97. The molecule has 0 unspecified atom stereocenters. The van der Waals surface area contributed by atoms with Gasteiger partial charge in [0.1, 0.15) is 0 Å². The lowest BCUT2D eigenvalue weighted by Gasteiger charge is -2.08. The molecule has 0 bridgehead atoms. The zero-order valence-corrected chi connectivity index (χ0v) is 12.5. The highest BCUT2D eigenvalue weighted by molar-refractivity contribution is 7.92. The molecule has 1 rings (SSSR count). The van der Waals surface area contributed by atoms with E-state index >= 15 is 0 Å². The van der Waals surface area contributed by atoms with Crippen molar-refractivity contribution in [3.05, 3.63) is 42.5 Å². The molecule has 0 saturated carbocycles. The summed E-state index contributed by atoms with van der Waals surface area (Å²) in [6.45, 7) is 3.88. The molecule has 110 valence electrons. The molecule has 0 atom stereocenters. The largest absolute Gasteiger partial charge is 0.349 e. The summed E-state index contributed by atoms with van der Waals surface area (Å²) in [4.78, 5) is 11.6. The second-order valence-corrected chi connectivity index (χ2v) is 6.26. The van der Waals surface area contributed by atoms with Crippen LogP contribution in [-0.4, -0.2) is 32.5 Å². The minimum Gasteiger partial charge on any atom is -0.349 e. The molecule has 0 aliphatic carbocycles. The molecular weight excluding hydrogens is 300 g/mol. The van der Waals surface area contributed by atoms with Gasteiger partial charge >= 0.3 is 0 Å². The smallest absolute Gasteiger partial charge is 0.251 e. The van der Waals surface area contributed by atoms with E-state index in [0.717, 1.165) is 0 Å². The van der Waals surface area contributed by atoms with Crippen molar-refractivity contribution in [3.63, 3.8) is 0 Å². The Hall–Kier alpha value is -1.53. The number of carbonyl (C=O) groups is 1. The van der Waals surface area contributed by atoms with Gasteiger partial charge in [-0.25, -0.2) is 8.42 Å². The molecule has 0 fully saturated rings. The number of anilines is 1. The number of carbonyl (C=O) groups excluding carboxylic acids is 1. The maximum absolute atomic E-state index is 11.7. The number of benzene rings is 1. The van der Waals surface area contributed by atoms with E-state index in [0.29, 0.717) is 30.1 Å². The van der Waals surface area contributed by atoms with Crippen molar-refractivity contribution in [3.8, 4) is 0 Å². The maximum atomic E-state index is 11.7. The molecule has 1 amide bonds. The van der Waals surface area contributed by atoms with Crippen LogP contribution in [0.15, 0.2) is 36.9 Å². The SMILES string of the molecule is C=CCNC(=O)c1ccc(NS(=O)(=O)CCCCl)cc1. The van der Waals surface area contributed by atoms with E-state index < -0.39 is 10.0 Å². The van der Waals surface area contributed by atoms with Crippen LogP contribution in [0.4, 0.5) is 5.69 Å². The van der Waals surface area contributed by atoms with E-state index in [1.54, 1.807) is 30.3 Å². The van der Waals surface area contributed by atoms with Crippen LogP contribution in [-0.2, 0) is 10.0 Å². The van der Waals surface area contributed by atoms with Crippen LogP contribution in [0.5, 0.6) is 0 Å². The summed E-state index contributed by atoms with van der Waals surface area (Å²) in [7, 11) is -3.39. The van der Waals surface area contributed by atoms with Gasteiger partial charge in [0.05, 0.1) is 5.75 Å². The number of sulfonamides is 1. The molecule has 0 aliphatic heterocycles. The Bertz CT molecular complexity index is 555. The van der Waals surface area contributed by atoms with Crippen molar-refractivity contribution < 1.29 is 13.2 Å². The van der Waals surface area contributed by atoms with Crippen LogP contribution in [0.3, 0.4) is 0 Å². The first kappa shape index (κ1) is 16.5. The average molecular weight is 317 g/mol. The third kappa shape index (κ3) is 5.63. The lowest BCUT2D eigenvalue weighted by atomic mass is 10.2. The average Bonchev–Trinajstić information content (AvgIpc) is 2.43. The van der Waals surface area contributed by atoms with Crippen molar-refractivity contribution in [1.82, 2.24) is 5.32 Å². The van der Waals surface area contributed by atoms with Crippen LogP contribution in [0.1, 0.15) is 16.8 Å². The lowest BCUT2D eigenvalue weighted by molar-refractivity contribution is 0.0958. The second-order valence-electron chi connectivity index (χ2n) is 4.04. The van der Waals surface area contributed by atoms with Gasteiger partial charge in [-0.3, -0.25) is 9.52 Å². The number of hydrogen-bond acceptors (Lipinski definition) is 3. The van der Waals surface area contributed by atoms with Gasteiger partial charge in [0, 0.05) is 23.7 Å². The van der Waals surface area contributed by atoms with Gasteiger partial charge in [0.2, 0.25) is 10.0 Å². The standard InChI is InChI=1S/C13H17ClN2O3S/c1-2-9-15-13(17)11-4-6-12(7-5-11)16-20(18,19)10-3-8-14/h2,4-7,16H,1,3,8-10H2,(H,15,17). The number of alkyl halides is 1. The van der Waals surface area contributed by atoms with E-state index in [1.807, 2.05) is 0 Å². The van der Waals surface area contributed by atoms with Crippen LogP contribution < -0.4 is 10.0 Å². The van der Waals surface area contributed by atoms with E-state index in [9.17, 15) is 13.2 Å². The number of amides is 1. The fourth-order valence-electron chi connectivity index (χ4n) is 1.43. The number of nitrogens with one attached hydrogen (secondary N) is 2. The monoisotopic (exact) mass is 316 g/mol. The van der Waals surface area contributed by atoms with Gasteiger partial charge in [-0.15, -0.1) is 18.2 Å². The third-order valence-electron chi connectivity index (χ3n) is 2.37. The molecule has 1 aromatic carbocycles. The first-order chi connectivity index (χ1) is 9.48. The van der Waals surface area contributed by atoms with Gasteiger partial charge in [0.25, 0.3) is 5.91 Å². The van der Waals surface area contributed by atoms with Crippen LogP contribution in [0.2, 0.25) is 0 Å². The molecule has 7 heteroatoms. The van der Waals surface area contributed by atoms with Gasteiger partial charge in [-0.1, -0.05) is 6.08 Å². The zero-order chi connectivity index (χ0) is 15.0. The Morgan fingerprint density at radius 1 is 1.30 bits per heavy atom. The van der Waals surface area contributed by atoms with Gasteiger partial charge in [0.15, 0.2) is 0 Å². The van der Waals surface area contributed by atoms with Gasteiger partial charge < -0.3 is 5.32 Å². The molecule has 0 spiro atoms. The maximum Gasteiger partial charge on any atom is 0.251 e. The van der Waals surface area contributed by atoms with Crippen molar-refractivity contribution in [2.45, 2.75) is 6.42 Å². The van der Waals surface area contributed by atoms with Crippen molar-refractivity contribution in [1.29, 1.82) is 0 Å². The van der Waals surface area contributed by atoms with Crippen molar-refractivity contribution in [2.24, 2.45) is 0 Å². The summed E-state index contributed by atoms with van der Waals surface area (Å²) >= 11 is 5.46. The molecule has 2 N–H and O–H groups in total. The Balaban J connectivity index is 2.67. The summed E-state index contributed by atoms with van der Waals surface area (Å²) in [5.41, 5.74) is 0.871. The topological polar surface area (TPSA) is 75.3 Å². The lowest BCUT2D eigenvalue weighted by Crippen LogP contribution is -2.23. The molecular formula is C13H17ClN2O3S. The summed E-state index contributed by atoms with van der Waals surface area (Å²) in [6.07, 6.45) is 1.97. The molecule has 0 aliphatic rings. The summed E-state index contributed by atoms with van der Waals surface area (Å²) in [6, 6.07) is 6.19. The molecule has 0 aromatic heterocycles. The summed E-state index contributed by atoms with van der Waals surface area (Å²) in [5.74, 6) is 0.0305. The van der Waals surface area contributed by atoms with Gasteiger partial charge in [-0.2, -0.15) is 0 Å². The van der Waals surface area contributed by atoms with E-state index in [4.69, 9.17) is 11.6 Å². The summed E-state index contributed by atoms with van der Waals surface area (Å²) in [5, 5.41) is 2.63. The quantitative estimate of drug-likeness (QED) is 0.569. The molecule has 1 aromatic rings. The number of halogens is 1. The van der Waals surface area contributed by atoms with Crippen LogP contribution in [0.25, 0.3) is 0 Å². The predicted molar refractivity (Wildman–Crippen MR) is 81.7 cm³/mol. The Morgan fingerprint density at radius 2 is 1.95 bits per heavy atom. The highest BCUT2D eigenvalue weighted by Crippen LogP contribution is 2.12. The molecule has 20 heavy (non-hydrogen) atoms. The summed E-state index contributed by atoms with van der Waals surface area (Å²) < 4.78 is 25.7. The van der Waals surface area contributed by atoms with Crippen LogP contribution in [0, 0.1) is 0 Å². The van der Waals surface area contributed by atoms with E-state index in [1.165, 1.54) is 0 Å². The van der Waals surface area contributed by atoms with Crippen molar-refractivity contribution >= 4 is 33.2 Å². The van der Waals surface area contributed by atoms with Crippen LogP contribution >= 0.6 is 11.6 Å². The minimum absolute atomic E-state index is 0.0297. The first-order valence-corrected chi connectivity index (χ1v) is 8.23. The fraction of sp³-hybridized carbons (Fsp3) is 0.308. The molecule has 5 nitrogen and oxygen atoms in total. The normalized spacial score (nSPS) is 10.8.